The quantitative estimate of drug-likeness (QED) is 0.302. The van der Waals surface area contributed by atoms with Crippen molar-refractivity contribution in [2.24, 2.45) is 0 Å². The molecule has 8 heteroatoms. The minimum absolute atomic E-state index is 0.0142. The molecular weight excluding hydrogens is 376 g/mol. The van der Waals surface area contributed by atoms with Crippen LogP contribution in [0, 0.1) is 22.5 Å². The Morgan fingerprint density at radius 1 is 1.17 bits per heavy atom. The maximum absolute atomic E-state index is 12.4. The highest BCUT2D eigenvalue weighted by Crippen LogP contribution is 2.18. The molecule has 0 unspecified atom stereocenters. The summed E-state index contributed by atoms with van der Waals surface area (Å²) >= 11 is 0. The average Bonchev–Trinajstić information content (AvgIpc) is 2.72. The van der Waals surface area contributed by atoms with Gasteiger partial charge in [-0.05, 0) is 37.1 Å². The molecule has 0 aliphatic heterocycles. The number of nitrogens with one attached hydrogen (secondary N) is 1. The zero-order chi connectivity index (χ0) is 21.2. The normalized spacial score (nSPS) is 9.93. The Bertz CT molecular complexity index is 931. The van der Waals surface area contributed by atoms with E-state index in [1.807, 2.05) is 12.1 Å². The monoisotopic (exact) mass is 396 g/mol. The Kier molecular flexibility index (Phi) is 7.74. The second-order valence-electron chi connectivity index (χ2n) is 5.89. The molecule has 1 N–H and O–H groups in total. The summed E-state index contributed by atoms with van der Waals surface area (Å²) in [5, 5.41) is 13.8. The summed E-state index contributed by atoms with van der Waals surface area (Å²) in [4.78, 5) is 34.7. The van der Waals surface area contributed by atoms with Gasteiger partial charge in [-0.15, -0.1) is 6.42 Å². The summed E-state index contributed by atoms with van der Waals surface area (Å²) in [7, 11) is 0. The first-order valence-corrected chi connectivity index (χ1v) is 8.84. The van der Waals surface area contributed by atoms with Gasteiger partial charge in [0.05, 0.1) is 17.1 Å². The lowest BCUT2D eigenvalue weighted by Crippen LogP contribution is -2.26. The van der Waals surface area contributed by atoms with Gasteiger partial charge in [-0.2, -0.15) is 0 Å². The van der Waals surface area contributed by atoms with Crippen molar-refractivity contribution in [3.05, 3.63) is 69.3 Å². The van der Waals surface area contributed by atoms with Crippen molar-refractivity contribution in [2.75, 3.05) is 19.8 Å². The number of benzene rings is 2. The van der Waals surface area contributed by atoms with Crippen LogP contribution in [0.3, 0.4) is 0 Å². The molecule has 0 aliphatic rings. The van der Waals surface area contributed by atoms with Crippen LogP contribution in [-0.4, -0.2) is 36.6 Å². The molecule has 29 heavy (non-hydrogen) atoms. The first-order valence-electron chi connectivity index (χ1n) is 8.84. The lowest BCUT2D eigenvalue weighted by molar-refractivity contribution is -0.384. The highest BCUT2D eigenvalue weighted by Gasteiger charge is 2.18. The first-order chi connectivity index (χ1) is 13.9. The molecule has 0 aliphatic carbocycles. The van der Waals surface area contributed by atoms with Crippen molar-refractivity contribution in [1.82, 2.24) is 5.32 Å². The fourth-order valence-corrected chi connectivity index (χ4v) is 2.48. The SMILES string of the molecule is C#CCOc1ccc(CCNC(=O)c2cc(C(=O)OCC)cc([N+](=O)[O-])c2)cc1. The van der Waals surface area contributed by atoms with Crippen LogP contribution in [0.15, 0.2) is 42.5 Å². The number of carbonyl (C=O) groups is 2. The Labute approximate surface area is 168 Å². The van der Waals surface area contributed by atoms with E-state index in [9.17, 15) is 19.7 Å². The van der Waals surface area contributed by atoms with E-state index in [0.717, 1.165) is 17.7 Å². The number of ether oxygens (including phenoxy) is 2. The summed E-state index contributed by atoms with van der Waals surface area (Å²) in [6.45, 7) is 2.24. The molecule has 1 amide bonds. The largest absolute Gasteiger partial charge is 0.481 e. The lowest BCUT2D eigenvalue weighted by atomic mass is 10.1. The number of non-ortho nitro benzene ring substituents is 1. The molecule has 0 saturated heterocycles. The Morgan fingerprint density at radius 2 is 1.86 bits per heavy atom. The second-order valence-corrected chi connectivity index (χ2v) is 5.89. The van der Waals surface area contributed by atoms with Crippen molar-refractivity contribution in [3.8, 4) is 18.1 Å². The summed E-state index contributed by atoms with van der Waals surface area (Å²) in [5.74, 6) is 1.79. The molecule has 0 saturated carbocycles. The zero-order valence-electron chi connectivity index (χ0n) is 15.8. The number of amides is 1. The van der Waals surface area contributed by atoms with E-state index in [1.54, 1.807) is 19.1 Å². The zero-order valence-corrected chi connectivity index (χ0v) is 15.8. The van der Waals surface area contributed by atoms with Crippen molar-refractivity contribution in [1.29, 1.82) is 0 Å². The molecule has 2 aromatic rings. The van der Waals surface area contributed by atoms with E-state index < -0.39 is 16.8 Å². The van der Waals surface area contributed by atoms with Crippen LogP contribution in [0.25, 0.3) is 0 Å². The molecule has 0 atom stereocenters. The number of nitrogens with zero attached hydrogens (tertiary/aromatic N) is 1. The van der Waals surface area contributed by atoms with Crippen molar-refractivity contribution >= 4 is 17.6 Å². The Balaban J connectivity index is 2.01. The van der Waals surface area contributed by atoms with Gasteiger partial charge in [0.25, 0.3) is 11.6 Å². The maximum Gasteiger partial charge on any atom is 0.338 e. The van der Waals surface area contributed by atoms with E-state index in [4.69, 9.17) is 15.9 Å². The molecule has 0 radical (unpaired) electrons. The number of nitro groups is 1. The van der Waals surface area contributed by atoms with E-state index >= 15 is 0 Å². The standard InChI is InChI=1S/C21H20N2O6/c1-3-11-29-19-7-5-15(6-8-19)9-10-22-20(24)16-12-17(21(25)28-4-2)14-18(13-16)23(26)27/h1,5-8,12-14H,4,9-11H2,2H3,(H,22,24). The first kappa shape index (κ1) is 21.4. The summed E-state index contributed by atoms with van der Waals surface area (Å²) < 4.78 is 10.1. The summed E-state index contributed by atoms with van der Waals surface area (Å²) in [6, 6.07) is 10.7. The number of hydrogen-bond donors (Lipinski definition) is 1. The third kappa shape index (κ3) is 6.36. The minimum atomic E-state index is -0.725. The molecule has 0 aromatic heterocycles. The number of rotatable bonds is 9. The lowest BCUT2D eigenvalue weighted by Gasteiger charge is -2.08. The van der Waals surface area contributed by atoms with Crippen molar-refractivity contribution < 1.29 is 24.0 Å². The molecular formula is C21H20N2O6. The highest BCUT2D eigenvalue weighted by atomic mass is 16.6. The predicted octanol–water partition coefficient (Wildman–Crippen LogP) is 2.76. The van der Waals surface area contributed by atoms with E-state index in [-0.39, 0.29) is 30.0 Å². The van der Waals surface area contributed by atoms with Gasteiger partial charge >= 0.3 is 5.97 Å². The van der Waals surface area contributed by atoms with Crippen molar-refractivity contribution in [3.63, 3.8) is 0 Å². The summed E-state index contributed by atoms with van der Waals surface area (Å²) in [5.41, 5.74) is 0.571. The highest BCUT2D eigenvalue weighted by molar-refractivity contribution is 5.99. The average molecular weight is 396 g/mol. The third-order valence-electron chi connectivity index (χ3n) is 3.85. The number of carbonyl (C=O) groups excluding carboxylic acids is 2. The van der Waals surface area contributed by atoms with Crippen LogP contribution in [0.2, 0.25) is 0 Å². The van der Waals surface area contributed by atoms with Gasteiger partial charge in [0.2, 0.25) is 0 Å². The van der Waals surface area contributed by atoms with Crippen LogP contribution >= 0.6 is 0 Å². The van der Waals surface area contributed by atoms with Crippen LogP contribution in [-0.2, 0) is 11.2 Å². The number of hydrogen-bond acceptors (Lipinski definition) is 6. The number of esters is 1. The topological polar surface area (TPSA) is 108 Å². The predicted molar refractivity (Wildman–Crippen MR) is 106 cm³/mol. The number of nitro benzene ring substituents is 1. The van der Waals surface area contributed by atoms with Gasteiger partial charge in [-0.3, -0.25) is 14.9 Å². The van der Waals surface area contributed by atoms with Crippen LogP contribution in [0.4, 0.5) is 5.69 Å². The minimum Gasteiger partial charge on any atom is -0.481 e. The Morgan fingerprint density at radius 3 is 2.48 bits per heavy atom. The smallest absolute Gasteiger partial charge is 0.338 e. The van der Waals surface area contributed by atoms with Crippen molar-refractivity contribution in [2.45, 2.75) is 13.3 Å². The van der Waals surface area contributed by atoms with E-state index in [2.05, 4.69) is 11.2 Å². The Hall–Kier alpha value is -3.86. The van der Waals surface area contributed by atoms with Gasteiger partial charge in [0.1, 0.15) is 12.4 Å². The molecule has 0 spiro atoms. The fraction of sp³-hybridized carbons (Fsp3) is 0.238. The van der Waals surface area contributed by atoms with Gasteiger partial charge in [-0.1, -0.05) is 18.1 Å². The van der Waals surface area contributed by atoms with Gasteiger partial charge in [-0.25, -0.2) is 4.79 Å². The maximum atomic E-state index is 12.4. The van der Waals surface area contributed by atoms with Crippen LogP contribution < -0.4 is 10.1 Å². The second kappa shape index (κ2) is 10.5. The summed E-state index contributed by atoms with van der Waals surface area (Å²) in [6.07, 6.45) is 5.68. The third-order valence-corrected chi connectivity index (χ3v) is 3.85. The molecule has 0 bridgehead atoms. The number of terminal acetylenes is 1. The van der Waals surface area contributed by atoms with Gasteiger partial charge in [0.15, 0.2) is 0 Å². The molecule has 2 rings (SSSR count). The van der Waals surface area contributed by atoms with Gasteiger partial charge in [0, 0.05) is 24.2 Å². The fourth-order valence-electron chi connectivity index (χ4n) is 2.48. The molecule has 0 heterocycles. The molecule has 8 nitrogen and oxygen atoms in total. The van der Waals surface area contributed by atoms with Crippen LogP contribution in [0.5, 0.6) is 5.75 Å². The van der Waals surface area contributed by atoms with E-state index in [0.29, 0.717) is 18.7 Å². The molecule has 0 fully saturated rings. The van der Waals surface area contributed by atoms with Crippen LogP contribution in [0.1, 0.15) is 33.2 Å². The van der Waals surface area contributed by atoms with E-state index in [1.165, 1.54) is 6.07 Å². The van der Waals surface area contributed by atoms with Gasteiger partial charge < -0.3 is 14.8 Å². The molecule has 2 aromatic carbocycles. The molecule has 150 valence electrons.